The fraction of sp³-hybridized carbons (Fsp3) is 0.647. The van der Waals surface area contributed by atoms with E-state index in [-0.39, 0.29) is 6.10 Å². The van der Waals surface area contributed by atoms with Gasteiger partial charge < -0.3 is 9.84 Å². The second-order valence-corrected chi connectivity index (χ2v) is 6.15. The number of aliphatic hydroxyl groups is 1. The highest BCUT2D eigenvalue weighted by Gasteiger charge is 2.29. The van der Waals surface area contributed by atoms with Gasteiger partial charge in [-0.15, -0.1) is 0 Å². The smallest absolute Gasteiger partial charge is 0.119 e. The van der Waals surface area contributed by atoms with E-state index >= 15 is 0 Å². The minimum Gasteiger partial charge on any atom is -0.497 e. The maximum atomic E-state index is 10.5. The summed E-state index contributed by atoms with van der Waals surface area (Å²) in [4.78, 5) is 0. The molecule has 1 saturated carbocycles. The number of aliphatic hydroxyl groups excluding tert-OH is 1. The molecule has 0 bridgehead atoms. The Labute approximate surface area is 116 Å². The molecule has 0 radical (unpaired) electrons. The van der Waals surface area contributed by atoms with Gasteiger partial charge in [-0.25, -0.2) is 0 Å². The first kappa shape index (κ1) is 14.4. The van der Waals surface area contributed by atoms with Crippen LogP contribution in [0.2, 0.25) is 0 Å². The molecule has 4 unspecified atom stereocenters. The van der Waals surface area contributed by atoms with Gasteiger partial charge in [-0.1, -0.05) is 32.4 Å². The van der Waals surface area contributed by atoms with Gasteiger partial charge in [-0.2, -0.15) is 0 Å². The Bertz CT molecular complexity index is 402. The van der Waals surface area contributed by atoms with Crippen molar-refractivity contribution in [1.82, 2.24) is 0 Å². The van der Waals surface area contributed by atoms with Gasteiger partial charge in [-0.3, -0.25) is 0 Å². The first-order chi connectivity index (χ1) is 9.10. The predicted octanol–water partition coefficient (Wildman–Crippen LogP) is 3.67. The molecule has 4 atom stereocenters. The molecule has 0 heterocycles. The number of hydrogen-bond acceptors (Lipinski definition) is 2. The van der Waals surface area contributed by atoms with Crippen LogP contribution in [0.4, 0.5) is 0 Å². The van der Waals surface area contributed by atoms with Crippen molar-refractivity contribution in [2.75, 3.05) is 7.11 Å². The van der Waals surface area contributed by atoms with E-state index in [0.29, 0.717) is 5.92 Å². The lowest BCUT2D eigenvalue weighted by molar-refractivity contribution is 0.0570. The molecule has 1 aliphatic carbocycles. The van der Waals surface area contributed by atoms with E-state index < -0.39 is 0 Å². The molecular weight excluding hydrogens is 236 g/mol. The monoisotopic (exact) mass is 262 g/mol. The minimum atomic E-state index is -0.220. The van der Waals surface area contributed by atoms with Gasteiger partial charge in [0.2, 0.25) is 0 Å². The molecule has 2 rings (SSSR count). The highest BCUT2D eigenvalue weighted by atomic mass is 16.5. The van der Waals surface area contributed by atoms with E-state index in [4.69, 9.17) is 4.74 Å². The Balaban J connectivity index is 1.94. The summed E-state index contributed by atoms with van der Waals surface area (Å²) in [5, 5.41) is 10.5. The van der Waals surface area contributed by atoms with E-state index in [0.717, 1.165) is 42.4 Å². The summed E-state index contributed by atoms with van der Waals surface area (Å²) in [6.45, 7) is 4.64. The highest BCUT2D eigenvalue weighted by Crippen LogP contribution is 2.35. The van der Waals surface area contributed by atoms with Crippen LogP contribution in [0.1, 0.15) is 38.7 Å². The normalized spacial score (nSPS) is 28.9. The van der Waals surface area contributed by atoms with Gasteiger partial charge in [0.15, 0.2) is 0 Å². The molecule has 0 saturated heterocycles. The predicted molar refractivity (Wildman–Crippen MR) is 78.4 cm³/mol. The molecule has 1 aliphatic rings. The first-order valence-corrected chi connectivity index (χ1v) is 7.41. The zero-order valence-corrected chi connectivity index (χ0v) is 12.3. The number of ether oxygens (including phenoxy) is 1. The van der Waals surface area contributed by atoms with E-state index in [9.17, 15) is 5.11 Å². The van der Waals surface area contributed by atoms with Crippen LogP contribution in [0.3, 0.4) is 0 Å². The van der Waals surface area contributed by atoms with Crippen LogP contribution in [0, 0.1) is 17.8 Å². The van der Waals surface area contributed by atoms with Crippen molar-refractivity contribution in [3.63, 3.8) is 0 Å². The van der Waals surface area contributed by atoms with Crippen molar-refractivity contribution in [2.45, 2.75) is 45.6 Å². The fourth-order valence-electron chi connectivity index (χ4n) is 3.15. The van der Waals surface area contributed by atoms with Crippen LogP contribution >= 0.6 is 0 Å². The lowest BCUT2D eigenvalue weighted by Crippen LogP contribution is -2.30. The summed E-state index contributed by atoms with van der Waals surface area (Å²) in [5.74, 6) is 2.87. The average Bonchev–Trinajstić information content (AvgIpc) is 2.42. The Morgan fingerprint density at radius 1 is 1.26 bits per heavy atom. The van der Waals surface area contributed by atoms with Gasteiger partial charge in [-0.05, 0) is 54.7 Å². The lowest BCUT2D eigenvalue weighted by Gasteiger charge is -2.34. The van der Waals surface area contributed by atoms with Crippen molar-refractivity contribution in [3.05, 3.63) is 29.8 Å². The highest BCUT2D eigenvalue weighted by molar-refractivity contribution is 5.28. The molecule has 0 aliphatic heterocycles. The Morgan fingerprint density at radius 3 is 2.74 bits per heavy atom. The van der Waals surface area contributed by atoms with Crippen LogP contribution in [-0.4, -0.2) is 18.3 Å². The fourth-order valence-corrected chi connectivity index (χ4v) is 3.15. The summed E-state index contributed by atoms with van der Waals surface area (Å²) in [7, 11) is 1.68. The van der Waals surface area contributed by atoms with Crippen molar-refractivity contribution in [1.29, 1.82) is 0 Å². The largest absolute Gasteiger partial charge is 0.497 e. The molecule has 1 aromatic carbocycles. The van der Waals surface area contributed by atoms with Crippen LogP contribution in [0.5, 0.6) is 5.75 Å². The zero-order chi connectivity index (χ0) is 13.8. The third kappa shape index (κ3) is 3.73. The third-order valence-electron chi connectivity index (χ3n) is 4.76. The first-order valence-electron chi connectivity index (χ1n) is 7.41. The standard InChI is InChI=1S/C17H26O2/c1-12-7-8-15(9-13(12)2)17(18)11-14-5-4-6-16(10-14)19-3/h4-6,10,12-13,15,17-18H,7-9,11H2,1-3H3. The van der Waals surface area contributed by atoms with Crippen LogP contribution in [0.25, 0.3) is 0 Å². The summed E-state index contributed by atoms with van der Waals surface area (Å²) in [5.41, 5.74) is 1.16. The molecule has 2 heteroatoms. The summed E-state index contributed by atoms with van der Waals surface area (Å²) < 4.78 is 5.23. The molecule has 19 heavy (non-hydrogen) atoms. The molecule has 1 fully saturated rings. The van der Waals surface area contributed by atoms with Crippen LogP contribution in [-0.2, 0) is 6.42 Å². The second kappa shape index (κ2) is 6.42. The van der Waals surface area contributed by atoms with Crippen LogP contribution in [0.15, 0.2) is 24.3 Å². The number of rotatable bonds is 4. The van der Waals surface area contributed by atoms with E-state index in [2.05, 4.69) is 19.9 Å². The summed E-state index contributed by atoms with van der Waals surface area (Å²) >= 11 is 0. The van der Waals surface area contributed by atoms with Gasteiger partial charge in [0.1, 0.15) is 5.75 Å². The molecule has 0 aromatic heterocycles. The second-order valence-electron chi connectivity index (χ2n) is 6.15. The summed E-state index contributed by atoms with van der Waals surface area (Å²) in [6, 6.07) is 8.03. The van der Waals surface area contributed by atoms with Gasteiger partial charge in [0, 0.05) is 0 Å². The van der Waals surface area contributed by atoms with E-state index in [1.165, 1.54) is 6.42 Å². The van der Waals surface area contributed by atoms with Gasteiger partial charge in [0.05, 0.1) is 13.2 Å². The molecule has 106 valence electrons. The van der Waals surface area contributed by atoms with Gasteiger partial charge in [0.25, 0.3) is 0 Å². The van der Waals surface area contributed by atoms with E-state index in [1.54, 1.807) is 7.11 Å². The van der Waals surface area contributed by atoms with E-state index in [1.807, 2.05) is 18.2 Å². The van der Waals surface area contributed by atoms with Crippen LogP contribution < -0.4 is 4.74 Å². The molecular formula is C17H26O2. The molecule has 1 N–H and O–H groups in total. The Hall–Kier alpha value is -1.02. The topological polar surface area (TPSA) is 29.5 Å². The van der Waals surface area contributed by atoms with Crippen molar-refractivity contribution in [3.8, 4) is 5.75 Å². The van der Waals surface area contributed by atoms with Gasteiger partial charge >= 0.3 is 0 Å². The average molecular weight is 262 g/mol. The molecule has 2 nitrogen and oxygen atoms in total. The quantitative estimate of drug-likeness (QED) is 0.897. The molecule has 0 spiro atoms. The number of hydrogen-bond donors (Lipinski definition) is 1. The van der Waals surface area contributed by atoms with Crippen molar-refractivity contribution < 1.29 is 9.84 Å². The number of methoxy groups -OCH3 is 1. The lowest BCUT2D eigenvalue weighted by atomic mass is 9.73. The van der Waals surface area contributed by atoms with Crippen molar-refractivity contribution >= 4 is 0 Å². The summed E-state index contributed by atoms with van der Waals surface area (Å²) in [6.07, 6.45) is 4.09. The Morgan fingerprint density at radius 2 is 2.05 bits per heavy atom. The minimum absolute atomic E-state index is 0.220. The number of benzene rings is 1. The Kier molecular flexibility index (Phi) is 4.87. The molecule has 0 amide bonds. The SMILES string of the molecule is COc1cccc(CC(O)C2CCC(C)C(C)C2)c1. The maximum Gasteiger partial charge on any atom is 0.119 e. The third-order valence-corrected chi connectivity index (χ3v) is 4.76. The van der Waals surface area contributed by atoms with Crippen molar-refractivity contribution in [2.24, 2.45) is 17.8 Å². The maximum absolute atomic E-state index is 10.5. The zero-order valence-electron chi connectivity index (χ0n) is 12.3. The molecule has 1 aromatic rings.